The van der Waals surface area contributed by atoms with Crippen LogP contribution < -0.4 is 10.2 Å². The van der Waals surface area contributed by atoms with Crippen LogP contribution in [0, 0.1) is 0 Å². The third kappa shape index (κ3) is 3.35. The van der Waals surface area contributed by atoms with Crippen molar-refractivity contribution in [3.63, 3.8) is 0 Å². The lowest BCUT2D eigenvalue weighted by Gasteiger charge is -2.21. The van der Waals surface area contributed by atoms with Gasteiger partial charge in [0.25, 0.3) is 5.91 Å². The number of carbonyl (C=O) groups is 3. The molecule has 1 fully saturated rings. The van der Waals surface area contributed by atoms with Crippen LogP contribution in [0.3, 0.4) is 0 Å². The average molecular weight is 339 g/mol. The Bertz CT molecular complexity index is 805. The van der Waals surface area contributed by atoms with Gasteiger partial charge in [-0.15, -0.1) is 0 Å². The van der Waals surface area contributed by atoms with E-state index in [4.69, 9.17) is 5.11 Å². The maximum Gasteiger partial charge on any atom is 0.354 e. The van der Waals surface area contributed by atoms with Crippen LogP contribution in [0.25, 0.3) is 0 Å². The third-order valence-corrected chi connectivity index (χ3v) is 4.14. The molecule has 0 saturated carbocycles. The number of amides is 2. The van der Waals surface area contributed by atoms with E-state index in [1.807, 2.05) is 37.3 Å². The number of carbonyl (C=O) groups excluding carboxylic acids is 2. The van der Waals surface area contributed by atoms with E-state index in [2.05, 4.69) is 10.3 Å². The van der Waals surface area contributed by atoms with Crippen molar-refractivity contribution in [2.75, 3.05) is 4.90 Å². The quantitative estimate of drug-likeness (QED) is 0.883. The number of nitrogens with one attached hydrogen (secondary N) is 1. The highest BCUT2D eigenvalue weighted by Crippen LogP contribution is 2.26. The average Bonchev–Trinajstić information content (AvgIpc) is 2.89. The van der Waals surface area contributed by atoms with Gasteiger partial charge in [-0.3, -0.25) is 9.59 Å². The van der Waals surface area contributed by atoms with Gasteiger partial charge in [0.2, 0.25) is 5.91 Å². The summed E-state index contributed by atoms with van der Waals surface area (Å²) in [6.45, 7) is 1.93. The summed E-state index contributed by atoms with van der Waals surface area (Å²) < 4.78 is 0. The third-order valence-electron chi connectivity index (χ3n) is 4.14. The molecule has 0 radical (unpaired) electrons. The topological polar surface area (TPSA) is 99.6 Å². The molecule has 0 bridgehead atoms. The van der Waals surface area contributed by atoms with Gasteiger partial charge in [-0.1, -0.05) is 18.2 Å². The minimum Gasteiger partial charge on any atom is -0.477 e. The summed E-state index contributed by atoms with van der Waals surface area (Å²) in [5.74, 6) is -1.78. The van der Waals surface area contributed by atoms with Gasteiger partial charge in [0.15, 0.2) is 0 Å². The Kier molecular flexibility index (Phi) is 4.47. The number of aromatic carboxylic acids is 1. The second kappa shape index (κ2) is 6.72. The zero-order chi connectivity index (χ0) is 18.0. The van der Waals surface area contributed by atoms with Crippen molar-refractivity contribution in [1.29, 1.82) is 0 Å². The van der Waals surface area contributed by atoms with Crippen molar-refractivity contribution in [1.82, 2.24) is 10.3 Å². The predicted molar refractivity (Wildman–Crippen MR) is 90.5 cm³/mol. The van der Waals surface area contributed by atoms with Crippen LogP contribution in [0.2, 0.25) is 0 Å². The summed E-state index contributed by atoms with van der Waals surface area (Å²) >= 11 is 0. The van der Waals surface area contributed by atoms with Gasteiger partial charge in [-0.25, -0.2) is 9.78 Å². The standard InChI is InChI=1S/C18H17N3O4/c1-11-9-15(17(23)21(11)13-5-3-2-4-6-13)20-16(22)12-7-8-14(18(24)25)19-10-12/h2-8,10-11,15H,9H2,1H3,(H,20,22)(H,24,25)/t11-,15+/m1/s1. The fourth-order valence-corrected chi connectivity index (χ4v) is 2.92. The number of para-hydroxylation sites is 1. The fourth-order valence-electron chi connectivity index (χ4n) is 2.92. The van der Waals surface area contributed by atoms with E-state index in [1.54, 1.807) is 4.90 Å². The maximum absolute atomic E-state index is 12.6. The molecule has 1 aliphatic rings. The first-order chi connectivity index (χ1) is 12.0. The molecule has 0 spiro atoms. The van der Waals surface area contributed by atoms with Gasteiger partial charge in [0.05, 0.1) is 5.56 Å². The second-order valence-corrected chi connectivity index (χ2v) is 5.89. The minimum atomic E-state index is -1.16. The maximum atomic E-state index is 12.6. The molecule has 7 nitrogen and oxygen atoms in total. The van der Waals surface area contributed by atoms with E-state index >= 15 is 0 Å². The van der Waals surface area contributed by atoms with Crippen LogP contribution in [-0.2, 0) is 4.79 Å². The molecule has 2 aromatic rings. The van der Waals surface area contributed by atoms with Crippen molar-refractivity contribution in [3.05, 3.63) is 59.9 Å². The van der Waals surface area contributed by atoms with Gasteiger partial charge >= 0.3 is 5.97 Å². The molecule has 1 aromatic heterocycles. The molecule has 1 saturated heterocycles. The van der Waals surface area contributed by atoms with Crippen molar-refractivity contribution < 1.29 is 19.5 Å². The first-order valence-corrected chi connectivity index (χ1v) is 7.85. The van der Waals surface area contributed by atoms with Crippen LogP contribution >= 0.6 is 0 Å². The van der Waals surface area contributed by atoms with Crippen LogP contribution in [0.5, 0.6) is 0 Å². The lowest BCUT2D eigenvalue weighted by atomic mass is 10.1. The molecule has 0 aliphatic carbocycles. The summed E-state index contributed by atoms with van der Waals surface area (Å²) in [5, 5.41) is 11.5. The molecule has 7 heteroatoms. The number of pyridine rings is 1. The van der Waals surface area contributed by atoms with Crippen LogP contribution in [0.4, 0.5) is 5.69 Å². The van der Waals surface area contributed by atoms with Gasteiger partial charge in [0, 0.05) is 17.9 Å². The molecule has 3 rings (SSSR count). The number of carboxylic acids is 1. The number of anilines is 1. The first-order valence-electron chi connectivity index (χ1n) is 7.85. The van der Waals surface area contributed by atoms with Crippen LogP contribution in [-0.4, -0.2) is 40.0 Å². The van der Waals surface area contributed by atoms with Gasteiger partial charge in [-0.2, -0.15) is 0 Å². The Balaban J connectivity index is 1.72. The number of carboxylic acid groups (broad SMARTS) is 1. The van der Waals surface area contributed by atoms with Crippen molar-refractivity contribution in [2.45, 2.75) is 25.4 Å². The monoisotopic (exact) mass is 339 g/mol. The second-order valence-electron chi connectivity index (χ2n) is 5.89. The Morgan fingerprint density at radius 3 is 2.52 bits per heavy atom. The highest BCUT2D eigenvalue weighted by Gasteiger charge is 2.38. The highest BCUT2D eigenvalue weighted by molar-refractivity contribution is 6.04. The molecule has 2 N–H and O–H groups in total. The largest absolute Gasteiger partial charge is 0.477 e. The molecule has 2 atom stereocenters. The lowest BCUT2D eigenvalue weighted by Crippen LogP contribution is -2.42. The van der Waals surface area contributed by atoms with Crippen LogP contribution in [0.1, 0.15) is 34.2 Å². The Morgan fingerprint density at radius 1 is 1.20 bits per heavy atom. The SMILES string of the molecule is C[C@@H]1C[C@H](NC(=O)c2ccc(C(=O)O)nc2)C(=O)N1c1ccccc1. The first kappa shape index (κ1) is 16.6. The van der Waals surface area contributed by atoms with E-state index in [0.717, 1.165) is 5.69 Å². The van der Waals surface area contributed by atoms with E-state index in [0.29, 0.717) is 6.42 Å². The number of benzene rings is 1. The van der Waals surface area contributed by atoms with E-state index in [9.17, 15) is 14.4 Å². The zero-order valence-electron chi connectivity index (χ0n) is 13.5. The van der Waals surface area contributed by atoms with Gasteiger partial charge in [0.1, 0.15) is 11.7 Å². The number of nitrogens with zero attached hydrogens (tertiary/aromatic N) is 2. The van der Waals surface area contributed by atoms with E-state index in [1.165, 1.54) is 18.3 Å². The molecule has 0 unspecified atom stereocenters. The number of aromatic nitrogens is 1. The molecule has 1 aromatic carbocycles. The van der Waals surface area contributed by atoms with Crippen LogP contribution in [0.15, 0.2) is 48.7 Å². The molecule has 128 valence electrons. The molecule has 2 amide bonds. The molecule has 25 heavy (non-hydrogen) atoms. The fraction of sp³-hybridized carbons (Fsp3) is 0.222. The van der Waals surface area contributed by atoms with E-state index < -0.39 is 17.9 Å². The number of rotatable bonds is 4. The Labute approximate surface area is 144 Å². The molecular weight excluding hydrogens is 322 g/mol. The molecule has 2 heterocycles. The summed E-state index contributed by atoms with van der Waals surface area (Å²) in [5.41, 5.74) is 0.866. The van der Waals surface area contributed by atoms with Gasteiger partial charge < -0.3 is 15.3 Å². The molecular formula is C18H17N3O4. The summed E-state index contributed by atoms with van der Waals surface area (Å²) in [7, 11) is 0. The minimum absolute atomic E-state index is 0.0345. The normalized spacial score (nSPS) is 19.7. The highest BCUT2D eigenvalue weighted by atomic mass is 16.4. The summed E-state index contributed by atoms with van der Waals surface area (Å²) in [4.78, 5) is 41.1. The summed E-state index contributed by atoms with van der Waals surface area (Å²) in [6.07, 6.45) is 1.69. The van der Waals surface area contributed by atoms with Crippen molar-refractivity contribution >= 4 is 23.5 Å². The Morgan fingerprint density at radius 2 is 1.92 bits per heavy atom. The zero-order valence-corrected chi connectivity index (χ0v) is 13.5. The number of hydrogen-bond donors (Lipinski definition) is 2. The number of hydrogen-bond acceptors (Lipinski definition) is 4. The summed E-state index contributed by atoms with van der Waals surface area (Å²) in [6, 6.07) is 11.3. The Hall–Kier alpha value is -3.22. The van der Waals surface area contributed by atoms with Crippen molar-refractivity contribution in [2.24, 2.45) is 0 Å². The van der Waals surface area contributed by atoms with Crippen molar-refractivity contribution in [3.8, 4) is 0 Å². The molecule has 1 aliphatic heterocycles. The van der Waals surface area contributed by atoms with E-state index in [-0.39, 0.29) is 23.2 Å². The smallest absolute Gasteiger partial charge is 0.354 e. The van der Waals surface area contributed by atoms with Gasteiger partial charge in [-0.05, 0) is 37.6 Å². The predicted octanol–water partition coefficient (Wildman–Crippen LogP) is 1.70. The lowest BCUT2D eigenvalue weighted by molar-refractivity contribution is -0.118.